The maximum absolute atomic E-state index is 8.72. The first-order valence-corrected chi connectivity index (χ1v) is 2.56. The first-order valence-electron chi connectivity index (χ1n) is 2.56. The standard InChI is InChI=1S/C5H12NO2/c1-4(7)2-5(8)3-6/h5,7-8H,2-3,6H2,1H3. The molecule has 0 fully saturated rings. The molecule has 1 unspecified atom stereocenters. The summed E-state index contributed by atoms with van der Waals surface area (Å²) in [5.41, 5.74) is 5.05. The third kappa shape index (κ3) is 4.05. The number of aliphatic hydroxyl groups excluding tert-OH is 2. The lowest BCUT2D eigenvalue weighted by Crippen LogP contribution is -2.21. The molecule has 0 aliphatic heterocycles. The number of aliphatic hydroxyl groups is 2. The van der Waals surface area contributed by atoms with Crippen molar-refractivity contribution in [3.8, 4) is 0 Å². The molecule has 8 heavy (non-hydrogen) atoms. The van der Waals surface area contributed by atoms with Crippen molar-refractivity contribution >= 4 is 0 Å². The SMILES string of the molecule is C[C](O)CC(O)CN. The van der Waals surface area contributed by atoms with E-state index in [-0.39, 0.29) is 19.1 Å². The molecule has 3 nitrogen and oxygen atoms in total. The summed E-state index contributed by atoms with van der Waals surface area (Å²) < 4.78 is 0. The molecule has 0 spiro atoms. The van der Waals surface area contributed by atoms with Crippen LogP contribution in [0.1, 0.15) is 13.3 Å². The Morgan fingerprint density at radius 3 is 2.38 bits per heavy atom. The van der Waals surface area contributed by atoms with Gasteiger partial charge in [0.15, 0.2) is 0 Å². The molecular formula is C5H12NO2. The first kappa shape index (κ1) is 7.88. The summed E-state index contributed by atoms with van der Waals surface area (Å²) in [6.07, 6.45) is -0.0702. The smallest absolute Gasteiger partial charge is 0.0928 e. The number of rotatable bonds is 3. The van der Waals surface area contributed by atoms with Gasteiger partial charge in [0.05, 0.1) is 12.2 Å². The number of hydrogen-bond acceptors (Lipinski definition) is 3. The van der Waals surface area contributed by atoms with Gasteiger partial charge in [0.25, 0.3) is 0 Å². The van der Waals surface area contributed by atoms with E-state index in [0.29, 0.717) is 0 Å². The summed E-state index contributed by atoms with van der Waals surface area (Å²) in [6.45, 7) is 1.75. The van der Waals surface area contributed by atoms with Crippen LogP contribution in [-0.2, 0) is 0 Å². The highest BCUT2D eigenvalue weighted by atomic mass is 16.3. The Morgan fingerprint density at radius 1 is 1.75 bits per heavy atom. The zero-order valence-electron chi connectivity index (χ0n) is 4.96. The molecule has 0 heterocycles. The molecular weight excluding hydrogens is 106 g/mol. The van der Waals surface area contributed by atoms with Gasteiger partial charge < -0.3 is 15.9 Å². The minimum absolute atomic E-state index is 0.206. The summed E-state index contributed by atoms with van der Waals surface area (Å²) >= 11 is 0. The molecule has 1 radical (unpaired) electrons. The van der Waals surface area contributed by atoms with Crippen molar-refractivity contribution < 1.29 is 10.2 Å². The van der Waals surface area contributed by atoms with Crippen molar-refractivity contribution in [2.45, 2.75) is 19.4 Å². The monoisotopic (exact) mass is 118 g/mol. The predicted octanol–water partition coefficient (Wildman–Crippen LogP) is -0.380. The van der Waals surface area contributed by atoms with E-state index >= 15 is 0 Å². The summed E-state index contributed by atoms with van der Waals surface area (Å²) in [5, 5.41) is 17.3. The Kier molecular flexibility index (Phi) is 3.77. The van der Waals surface area contributed by atoms with Crippen LogP contribution in [0.4, 0.5) is 0 Å². The summed E-state index contributed by atoms with van der Waals surface area (Å²) in [5.74, 6) is 0. The summed E-state index contributed by atoms with van der Waals surface area (Å²) in [6, 6.07) is 0. The fourth-order valence-corrected chi connectivity index (χ4v) is 0.424. The van der Waals surface area contributed by atoms with E-state index in [9.17, 15) is 0 Å². The Balaban J connectivity index is 3.10. The van der Waals surface area contributed by atoms with E-state index in [1.54, 1.807) is 6.92 Å². The normalized spacial score (nSPS) is 14.6. The van der Waals surface area contributed by atoms with Crippen LogP contribution in [0.25, 0.3) is 0 Å². The highest BCUT2D eigenvalue weighted by Crippen LogP contribution is 2.01. The van der Waals surface area contributed by atoms with E-state index in [1.807, 2.05) is 0 Å². The zero-order chi connectivity index (χ0) is 6.57. The van der Waals surface area contributed by atoms with Crippen molar-refractivity contribution in [1.82, 2.24) is 0 Å². The van der Waals surface area contributed by atoms with E-state index in [1.165, 1.54) is 0 Å². The van der Waals surface area contributed by atoms with Gasteiger partial charge in [-0.15, -0.1) is 0 Å². The average Bonchev–Trinajstić information content (AvgIpc) is 1.65. The number of hydrogen-bond donors (Lipinski definition) is 3. The Hall–Kier alpha value is -0.120. The van der Waals surface area contributed by atoms with Crippen LogP contribution in [0.3, 0.4) is 0 Å². The lowest BCUT2D eigenvalue weighted by molar-refractivity contribution is 0.144. The molecule has 0 aliphatic carbocycles. The van der Waals surface area contributed by atoms with Gasteiger partial charge >= 0.3 is 0 Å². The second-order valence-electron chi connectivity index (χ2n) is 1.83. The maximum atomic E-state index is 8.72. The average molecular weight is 118 g/mol. The highest BCUT2D eigenvalue weighted by molar-refractivity contribution is 4.72. The zero-order valence-corrected chi connectivity index (χ0v) is 4.96. The molecule has 4 N–H and O–H groups in total. The Morgan fingerprint density at radius 2 is 2.25 bits per heavy atom. The van der Waals surface area contributed by atoms with Crippen molar-refractivity contribution in [3.05, 3.63) is 6.10 Å². The largest absolute Gasteiger partial charge is 0.392 e. The van der Waals surface area contributed by atoms with Gasteiger partial charge in [0.2, 0.25) is 0 Å². The topological polar surface area (TPSA) is 66.5 Å². The molecule has 0 saturated carbocycles. The molecule has 0 aromatic rings. The molecule has 0 aliphatic rings. The van der Waals surface area contributed by atoms with Crippen LogP contribution >= 0.6 is 0 Å². The van der Waals surface area contributed by atoms with E-state index in [4.69, 9.17) is 15.9 Å². The van der Waals surface area contributed by atoms with Crippen LogP contribution in [0, 0.1) is 6.10 Å². The molecule has 0 aromatic heterocycles. The minimum atomic E-state index is -0.583. The third-order valence-corrected chi connectivity index (χ3v) is 0.803. The molecule has 49 valence electrons. The molecule has 0 saturated heterocycles. The van der Waals surface area contributed by atoms with Crippen LogP contribution in [0.5, 0.6) is 0 Å². The molecule has 0 bridgehead atoms. The minimum Gasteiger partial charge on any atom is -0.392 e. The first-order chi connectivity index (χ1) is 3.66. The Labute approximate surface area is 49.1 Å². The number of nitrogens with two attached hydrogens (primary N) is 1. The van der Waals surface area contributed by atoms with Gasteiger partial charge in [-0.05, 0) is 6.92 Å². The van der Waals surface area contributed by atoms with Crippen LogP contribution < -0.4 is 5.73 Å². The second-order valence-corrected chi connectivity index (χ2v) is 1.83. The fraction of sp³-hybridized carbons (Fsp3) is 0.800. The molecule has 0 rings (SSSR count). The lowest BCUT2D eigenvalue weighted by atomic mass is 10.2. The third-order valence-electron chi connectivity index (χ3n) is 0.803. The molecule has 0 amide bonds. The van der Waals surface area contributed by atoms with Crippen LogP contribution in [0.15, 0.2) is 0 Å². The second kappa shape index (κ2) is 3.83. The van der Waals surface area contributed by atoms with Crippen molar-refractivity contribution in [2.24, 2.45) is 5.73 Å². The van der Waals surface area contributed by atoms with Crippen molar-refractivity contribution in [1.29, 1.82) is 0 Å². The van der Waals surface area contributed by atoms with E-state index < -0.39 is 6.10 Å². The van der Waals surface area contributed by atoms with Crippen molar-refractivity contribution in [3.63, 3.8) is 0 Å². The van der Waals surface area contributed by atoms with Gasteiger partial charge in [0.1, 0.15) is 0 Å². The van der Waals surface area contributed by atoms with Gasteiger partial charge in [-0.25, -0.2) is 0 Å². The molecule has 3 heteroatoms. The maximum Gasteiger partial charge on any atom is 0.0928 e. The van der Waals surface area contributed by atoms with Crippen LogP contribution in [-0.4, -0.2) is 22.9 Å². The Bertz CT molecular complexity index is 56.4. The van der Waals surface area contributed by atoms with Gasteiger partial charge in [-0.3, -0.25) is 0 Å². The highest BCUT2D eigenvalue weighted by Gasteiger charge is 2.04. The van der Waals surface area contributed by atoms with Gasteiger partial charge in [-0.1, -0.05) is 0 Å². The summed E-state index contributed by atoms with van der Waals surface area (Å²) in [7, 11) is 0. The van der Waals surface area contributed by atoms with E-state index in [0.717, 1.165) is 0 Å². The van der Waals surface area contributed by atoms with Gasteiger partial charge in [0, 0.05) is 13.0 Å². The van der Waals surface area contributed by atoms with Crippen LogP contribution in [0.2, 0.25) is 0 Å². The van der Waals surface area contributed by atoms with Crippen molar-refractivity contribution in [2.75, 3.05) is 6.54 Å². The fourth-order valence-electron chi connectivity index (χ4n) is 0.424. The van der Waals surface area contributed by atoms with Gasteiger partial charge in [-0.2, -0.15) is 0 Å². The lowest BCUT2D eigenvalue weighted by Gasteiger charge is -2.07. The van der Waals surface area contributed by atoms with E-state index in [2.05, 4.69) is 0 Å². The summed E-state index contributed by atoms with van der Waals surface area (Å²) in [4.78, 5) is 0. The molecule has 0 aromatic carbocycles. The molecule has 1 atom stereocenters. The quantitative estimate of drug-likeness (QED) is 0.473. The predicted molar refractivity (Wildman–Crippen MR) is 30.5 cm³/mol.